The van der Waals surface area contributed by atoms with Gasteiger partial charge in [-0.3, -0.25) is 0 Å². The highest BCUT2D eigenvalue weighted by Crippen LogP contribution is 2.38. The van der Waals surface area contributed by atoms with Crippen molar-refractivity contribution in [3.63, 3.8) is 0 Å². The molecular formula is C19H32N2. The van der Waals surface area contributed by atoms with E-state index >= 15 is 0 Å². The van der Waals surface area contributed by atoms with Gasteiger partial charge in [-0.15, -0.1) is 0 Å². The summed E-state index contributed by atoms with van der Waals surface area (Å²) in [5.41, 5.74) is 11.0. The van der Waals surface area contributed by atoms with Crippen molar-refractivity contribution in [1.82, 2.24) is 4.90 Å². The van der Waals surface area contributed by atoms with Gasteiger partial charge in [0.25, 0.3) is 0 Å². The molecule has 1 saturated carbocycles. The van der Waals surface area contributed by atoms with E-state index in [9.17, 15) is 0 Å². The molecule has 1 aliphatic rings. The maximum atomic E-state index is 6.71. The van der Waals surface area contributed by atoms with Gasteiger partial charge in [0.15, 0.2) is 0 Å². The maximum Gasteiger partial charge on any atom is 0.0357 e. The van der Waals surface area contributed by atoms with Gasteiger partial charge < -0.3 is 10.6 Å². The molecular weight excluding hydrogens is 256 g/mol. The number of aryl methyl sites for hydroxylation is 2. The fourth-order valence-electron chi connectivity index (χ4n) is 3.79. The summed E-state index contributed by atoms with van der Waals surface area (Å²) < 4.78 is 0. The van der Waals surface area contributed by atoms with E-state index in [2.05, 4.69) is 58.0 Å². The predicted molar refractivity (Wildman–Crippen MR) is 91.6 cm³/mol. The maximum absolute atomic E-state index is 6.71. The quantitative estimate of drug-likeness (QED) is 0.915. The lowest BCUT2D eigenvalue weighted by Gasteiger charge is -2.48. The topological polar surface area (TPSA) is 29.3 Å². The lowest BCUT2D eigenvalue weighted by atomic mass is 9.71. The van der Waals surface area contributed by atoms with Crippen molar-refractivity contribution in [2.45, 2.75) is 64.5 Å². The lowest BCUT2D eigenvalue weighted by molar-refractivity contribution is 0.0568. The Morgan fingerprint density at radius 1 is 1.19 bits per heavy atom. The molecule has 0 aliphatic heterocycles. The van der Waals surface area contributed by atoms with Gasteiger partial charge in [-0.25, -0.2) is 0 Å². The minimum atomic E-state index is 0.172. The number of nitrogens with two attached hydrogens (primary N) is 1. The molecule has 0 aromatic heterocycles. The van der Waals surface area contributed by atoms with Crippen LogP contribution in [0.1, 0.15) is 49.3 Å². The van der Waals surface area contributed by atoms with Crippen LogP contribution in [0.4, 0.5) is 0 Å². The van der Waals surface area contributed by atoms with Crippen molar-refractivity contribution in [1.29, 1.82) is 0 Å². The number of likely N-dealkylation sites (N-methyl/N-ethyl adjacent to an activating group) is 1. The zero-order valence-electron chi connectivity index (χ0n) is 14.4. The Balaban J connectivity index is 2.15. The third kappa shape index (κ3) is 3.49. The minimum absolute atomic E-state index is 0.172. The minimum Gasteiger partial charge on any atom is -0.326 e. The summed E-state index contributed by atoms with van der Waals surface area (Å²) in [5.74, 6) is 0.854. The number of hydrogen-bond acceptors (Lipinski definition) is 2. The van der Waals surface area contributed by atoms with Gasteiger partial charge in [0.05, 0.1) is 0 Å². The predicted octanol–water partition coefficient (Wildman–Crippen LogP) is 3.68. The average Bonchev–Trinajstić information content (AvgIpc) is 2.43. The molecule has 0 saturated heterocycles. The van der Waals surface area contributed by atoms with E-state index in [0.717, 1.165) is 12.3 Å². The zero-order chi connectivity index (χ0) is 15.6. The monoisotopic (exact) mass is 288 g/mol. The van der Waals surface area contributed by atoms with E-state index in [1.165, 1.54) is 42.4 Å². The molecule has 1 aromatic carbocycles. The fourth-order valence-corrected chi connectivity index (χ4v) is 3.79. The van der Waals surface area contributed by atoms with E-state index in [0.29, 0.717) is 0 Å². The highest BCUT2D eigenvalue weighted by atomic mass is 15.2. The summed E-state index contributed by atoms with van der Waals surface area (Å²) in [6.07, 6.45) is 6.05. The Hall–Kier alpha value is -0.860. The Bertz CT molecular complexity index is 470. The van der Waals surface area contributed by atoms with Crippen LogP contribution in [-0.2, 0) is 6.42 Å². The molecule has 1 unspecified atom stereocenters. The molecule has 2 nitrogen and oxygen atoms in total. The molecule has 1 atom stereocenters. The summed E-state index contributed by atoms with van der Waals surface area (Å²) in [4.78, 5) is 2.39. The largest absolute Gasteiger partial charge is 0.326 e. The Labute approximate surface area is 130 Å². The van der Waals surface area contributed by atoms with Crippen LogP contribution in [0.15, 0.2) is 18.2 Å². The third-order valence-corrected chi connectivity index (χ3v) is 5.75. The molecule has 1 aliphatic carbocycles. The van der Waals surface area contributed by atoms with E-state index < -0.39 is 0 Å². The lowest BCUT2D eigenvalue weighted by Crippen LogP contribution is -2.59. The van der Waals surface area contributed by atoms with E-state index in [-0.39, 0.29) is 11.6 Å². The average molecular weight is 288 g/mol. The summed E-state index contributed by atoms with van der Waals surface area (Å²) in [6.45, 7) is 6.73. The number of hydrogen-bond donors (Lipinski definition) is 1. The van der Waals surface area contributed by atoms with Crippen molar-refractivity contribution < 1.29 is 0 Å². The van der Waals surface area contributed by atoms with Crippen molar-refractivity contribution in [3.8, 4) is 0 Å². The van der Waals surface area contributed by atoms with Gasteiger partial charge in [0.1, 0.15) is 0 Å². The van der Waals surface area contributed by atoms with Gasteiger partial charge in [-0.2, -0.15) is 0 Å². The van der Waals surface area contributed by atoms with Crippen LogP contribution in [0, 0.1) is 19.8 Å². The van der Waals surface area contributed by atoms with Gasteiger partial charge in [0, 0.05) is 11.6 Å². The third-order valence-electron chi connectivity index (χ3n) is 5.75. The first-order valence-corrected chi connectivity index (χ1v) is 8.34. The second kappa shape index (κ2) is 6.50. The Morgan fingerprint density at radius 2 is 1.81 bits per heavy atom. The first kappa shape index (κ1) is 16.5. The number of nitrogens with zero attached hydrogens (tertiary/aromatic N) is 1. The fraction of sp³-hybridized carbons (Fsp3) is 0.684. The molecule has 0 amide bonds. The van der Waals surface area contributed by atoms with Crippen LogP contribution in [0.25, 0.3) is 0 Å². The SMILES string of the molecule is Cc1ccc(CC(N)C2(N(C)C)CCC(C)CC2)cc1C. The molecule has 1 aromatic rings. The molecule has 2 N–H and O–H groups in total. The highest BCUT2D eigenvalue weighted by molar-refractivity contribution is 5.30. The Kier molecular flexibility index (Phi) is 5.11. The molecule has 0 heterocycles. The summed E-state index contributed by atoms with van der Waals surface area (Å²) >= 11 is 0. The van der Waals surface area contributed by atoms with Crippen LogP contribution in [0.5, 0.6) is 0 Å². The molecule has 0 radical (unpaired) electrons. The standard InChI is InChI=1S/C19H32N2/c1-14-8-10-19(11-9-14,21(4)5)18(20)13-17-7-6-15(2)16(3)12-17/h6-7,12,14,18H,8-11,13,20H2,1-5H3. The molecule has 118 valence electrons. The molecule has 2 rings (SSSR count). The van der Waals surface area contributed by atoms with Crippen LogP contribution in [0.2, 0.25) is 0 Å². The van der Waals surface area contributed by atoms with Crippen molar-refractivity contribution in [2.24, 2.45) is 11.7 Å². The molecule has 0 spiro atoms. The van der Waals surface area contributed by atoms with Gasteiger partial charge in [-0.1, -0.05) is 25.1 Å². The first-order valence-electron chi connectivity index (χ1n) is 8.34. The van der Waals surface area contributed by atoms with Crippen LogP contribution in [0.3, 0.4) is 0 Å². The smallest absolute Gasteiger partial charge is 0.0357 e. The molecule has 2 heteroatoms. The van der Waals surface area contributed by atoms with E-state index in [1.807, 2.05) is 0 Å². The highest BCUT2D eigenvalue weighted by Gasteiger charge is 2.41. The molecule has 1 fully saturated rings. The van der Waals surface area contributed by atoms with Crippen molar-refractivity contribution in [2.75, 3.05) is 14.1 Å². The number of benzene rings is 1. The molecule has 21 heavy (non-hydrogen) atoms. The normalized spacial score (nSPS) is 27.9. The van der Waals surface area contributed by atoms with Gasteiger partial charge in [0.2, 0.25) is 0 Å². The second-order valence-corrected chi connectivity index (χ2v) is 7.41. The van der Waals surface area contributed by atoms with Crippen molar-refractivity contribution >= 4 is 0 Å². The summed E-state index contributed by atoms with van der Waals surface area (Å²) in [5, 5.41) is 0. The van der Waals surface area contributed by atoms with Gasteiger partial charge >= 0.3 is 0 Å². The van der Waals surface area contributed by atoms with Crippen molar-refractivity contribution in [3.05, 3.63) is 34.9 Å². The van der Waals surface area contributed by atoms with Gasteiger partial charge in [-0.05, 0) is 82.7 Å². The van der Waals surface area contributed by atoms with Crippen LogP contribution < -0.4 is 5.73 Å². The number of rotatable bonds is 4. The van der Waals surface area contributed by atoms with E-state index in [1.54, 1.807) is 0 Å². The second-order valence-electron chi connectivity index (χ2n) is 7.41. The van der Waals surface area contributed by atoms with E-state index in [4.69, 9.17) is 5.73 Å². The zero-order valence-corrected chi connectivity index (χ0v) is 14.4. The molecule has 0 bridgehead atoms. The summed E-state index contributed by atoms with van der Waals surface area (Å²) in [6, 6.07) is 6.99. The van der Waals surface area contributed by atoms with Crippen LogP contribution >= 0.6 is 0 Å². The first-order chi connectivity index (χ1) is 9.85. The van der Waals surface area contributed by atoms with Crippen LogP contribution in [-0.4, -0.2) is 30.6 Å². The Morgan fingerprint density at radius 3 is 2.33 bits per heavy atom. The summed E-state index contributed by atoms with van der Waals surface area (Å²) in [7, 11) is 4.41.